The zero-order chi connectivity index (χ0) is 16.7. The lowest BCUT2D eigenvalue weighted by molar-refractivity contribution is -0.383. The van der Waals surface area contributed by atoms with Crippen LogP contribution in [0.15, 0.2) is 24.5 Å². The van der Waals surface area contributed by atoms with Gasteiger partial charge in [0.2, 0.25) is 12.6 Å². The minimum atomic E-state index is -0.451. The molecule has 0 aliphatic carbocycles. The van der Waals surface area contributed by atoms with Crippen molar-refractivity contribution >= 4 is 16.6 Å². The predicted octanol–water partition coefficient (Wildman–Crippen LogP) is 3.28. The van der Waals surface area contributed by atoms with Crippen molar-refractivity contribution < 1.29 is 18.9 Å². The van der Waals surface area contributed by atoms with Crippen molar-refractivity contribution in [2.45, 2.75) is 39.6 Å². The second kappa shape index (κ2) is 6.18. The average Bonchev–Trinajstić information content (AvgIpc) is 3.14. The van der Waals surface area contributed by atoms with Gasteiger partial charge in [-0.2, -0.15) is 0 Å². The summed E-state index contributed by atoms with van der Waals surface area (Å²) in [5.41, 5.74) is 3.50. The Hall–Kier alpha value is -1.93. The lowest BCUT2D eigenvalue weighted by Crippen LogP contribution is -2.31. The highest BCUT2D eigenvalue weighted by Gasteiger charge is 2.30. The van der Waals surface area contributed by atoms with Gasteiger partial charge in [0.15, 0.2) is 6.29 Å². The van der Waals surface area contributed by atoms with E-state index in [1.54, 1.807) is 0 Å². The van der Waals surface area contributed by atoms with Crippen LogP contribution >= 0.6 is 0 Å². The molecule has 7 heteroatoms. The van der Waals surface area contributed by atoms with E-state index in [0.717, 1.165) is 27.9 Å². The smallest absolute Gasteiger partial charge is 0.204 e. The fraction of sp³-hybridized carbons (Fsp3) is 0.471. The van der Waals surface area contributed by atoms with Crippen molar-refractivity contribution in [3.05, 3.63) is 35.9 Å². The number of nitrogens with one attached hydrogen (secondary N) is 1. The summed E-state index contributed by atoms with van der Waals surface area (Å²) in [6, 6.07) is 4.03. The standard InChI is InChI=1S/C17H21N3O4/c1-4-21-16(22-5-2)14-9-20-7-6-12-11(15(20)19-14)8-13(18-12)17-23-10(3)24-17/h6-10,16-18H,4-5H2,1-3H3. The largest absolute Gasteiger partial charge is 0.354 e. The number of fused-ring (bicyclic) bond motifs is 3. The van der Waals surface area contributed by atoms with Gasteiger partial charge in [0, 0.05) is 31.0 Å². The molecular weight excluding hydrogens is 310 g/mol. The van der Waals surface area contributed by atoms with Gasteiger partial charge in [-0.3, -0.25) is 0 Å². The SMILES string of the molecule is CCOC(OCC)c1cn2ccc3[nH]c(C4OC(C)O4)cc3c2n1. The molecule has 0 aromatic carbocycles. The van der Waals surface area contributed by atoms with E-state index in [1.165, 1.54) is 0 Å². The maximum absolute atomic E-state index is 5.65. The highest BCUT2D eigenvalue weighted by molar-refractivity contribution is 5.92. The molecule has 1 aliphatic heterocycles. The molecule has 1 aliphatic rings. The Morgan fingerprint density at radius 3 is 2.71 bits per heavy atom. The lowest BCUT2D eigenvalue weighted by atomic mass is 10.3. The van der Waals surface area contributed by atoms with Crippen LogP contribution in [0.2, 0.25) is 0 Å². The van der Waals surface area contributed by atoms with E-state index < -0.39 is 6.29 Å². The van der Waals surface area contributed by atoms with Gasteiger partial charge in [-0.15, -0.1) is 0 Å². The van der Waals surface area contributed by atoms with Crippen LogP contribution in [0.5, 0.6) is 0 Å². The summed E-state index contributed by atoms with van der Waals surface area (Å²) < 4.78 is 24.4. The van der Waals surface area contributed by atoms with Crippen molar-refractivity contribution in [3.63, 3.8) is 0 Å². The number of nitrogens with zero attached hydrogens (tertiary/aromatic N) is 2. The van der Waals surface area contributed by atoms with Gasteiger partial charge in [-0.25, -0.2) is 4.98 Å². The molecule has 4 rings (SSSR count). The van der Waals surface area contributed by atoms with Crippen LogP contribution in [0, 0.1) is 0 Å². The summed E-state index contributed by atoms with van der Waals surface area (Å²) in [6.07, 6.45) is 2.97. The summed E-state index contributed by atoms with van der Waals surface area (Å²) in [4.78, 5) is 8.05. The van der Waals surface area contributed by atoms with E-state index in [0.29, 0.717) is 13.2 Å². The van der Waals surface area contributed by atoms with Crippen LogP contribution < -0.4 is 0 Å². The molecule has 7 nitrogen and oxygen atoms in total. The minimum Gasteiger partial charge on any atom is -0.354 e. The van der Waals surface area contributed by atoms with E-state index in [2.05, 4.69) is 4.98 Å². The number of pyridine rings is 1. The molecule has 0 radical (unpaired) electrons. The first-order valence-electron chi connectivity index (χ1n) is 8.24. The van der Waals surface area contributed by atoms with Crippen LogP contribution in [0.1, 0.15) is 44.7 Å². The van der Waals surface area contributed by atoms with Crippen LogP contribution in [0.4, 0.5) is 0 Å². The highest BCUT2D eigenvalue weighted by Crippen LogP contribution is 2.33. The molecular formula is C17H21N3O4. The molecule has 1 fully saturated rings. The van der Waals surface area contributed by atoms with Crippen molar-refractivity contribution in [2.24, 2.45) is 0 Å². The van der Waals surface area contributed by atoms with Crippen LogP contribution in [0.25, 0.3) is 16.6 Å². The molecule has 3 aromatic heterocycles. The van der Waals surface area contributed by atoms with Gasteiger partial charge in [0.05, 0.1) is 11.2 Å². The third kappa shape index (κ3) is 2.59. The molecule has 0 unspecified atom stereocenters. The Bertz CT molecular complexity index is 844. The third-order valence-corrected chi connectivity index (χ3v) is 4.02. The third-order valence-electron chi connectivity index (χ3n) is 4.02. The van der Waals surface area contributed by atoms with Crippen LogP contribution in [0.3, 0.4) is 0 Å². The molecule has 0 spiro atoms. The van der Waals surface area contributed by atoms with Gasteiger partial charge in [0.25, 0.3) is 0 Å². The maximum atomic E-state index is 5.65. The van der Waals surface area contributed by atoms with Gasteiger partial charge < -0.3 is 28.3 Å². The summed E-state index contributed by atoms with van der Waals surface area (Å²) in [5.74, 6) is 0. The number of rotatable bonds is 6. The fourth-order valence-corrected chi connectivity index (χ4v) is 2.96. The Morgan fingerprint density at radius 1 is 1.29 bits per heavy atom. The second-order valence-electron chi connectivity index (χ2n) is 5.68. The molecule has 24 heavy (non-hydrogen) atoms. The molecule has 128 valence electrons. The topological polar surface area (TPSA) is 70.0 Å². The van der Waals surface area contributed by atoms with E-state index >= 15 is 0 Å². The number of H-pyrrole nitrogens is 1. The first-order chi connectivity index (χ1) is 11.7. The van der Waals surface area contributed by atoms with Gasteiger partial charge >= 0.3 is 0 Å². The number of ether oxygens (including phenoxy) is 4. The molecule has 4 heterocycles. The summed E-state index contributed by atoms with van der Waals surface area (Å²) >= 11 is 0. The number of aromatic nitrogens is 3. The van der Waals surface area contributed by atoms with Gasteiger partial charge in [-0.1, -0.05) is 0 Å². The normalized spacial score (nSPS) is 21.0. The zero-order valence-electron chi connectivity index (χ0n) is 14.0. The Labute approximate surface area is 139 Å². The minimum absolute atomic E-state index is 0.155. The van der Waals surface area contributed by atoms with Crippen molar-refractivity contribution in [1.82, 2.24) is 14.4 Å². The Morgan fingerprint density at radius 2 is 2.04 bits per heavy atom. The maximum Gasteiger partial charge on any atom is 0.204 e. The van der Waals surface area contributed by atoms with Crippen molar-refractivity contribution in [1.29, 1.82) is 0 Å². The average molecular weight is 331 g/mol. The Balaban J connectivity index is 1.73. The first kappa shape index (κ1) is 15.6. The van der Waals surface area contributed by atoms with Gasteiger partial charge in [0.1, 0.15) is 11.3 Å². The summed E-state index contributed by atoms with van der Waals surface area (Å²) in [7, 11) is 0. The van der Waals surface area contributed by atoms with E-state index in [-0.39, 0.29) is 12.6 Å². The summed E-state index contributed by atoms with van der Waals surface area (Å²) in [5, 5.41) is 1.01. The quantitative estimate of drug-likeness (QED) is 0.702. The predicted molar refractivity (Wildman–Crippen MR) is 87.4 cm³/mol. The van der Waals surface area contributed by atoms with Crippen LogP contribution in [-0.4, -0.2) is 33.9 Å². The molecule has 0 saturated carbocycles. The lowest BCUT2D eigenvalue weighted by Gasteiger charge is -2.32. The highest BCUT2D eigenvalue weighted by atomic mass is 16.9. The van der Waals surface area contributed by atoms with E-state index in [1.807, 2.05) is 49.7 Å². The molecule has 0 amide bonds. The summed E-state index contributed by atoms with van der Waals surface area (Å²) in [6.45, 7) is 6.89. The Kier molecular flexibility index (Phi) is 4.01. The monoisotopic (exact) mass is 331 g/mol. The fourth-order valence-electron chi connectivity index (χ4n) is 2.96. The first-order valence-corrected chi connectivity index (χ1v) is 8.24. The molecule has 1 saturated heterocycles. The molecule has 0 atom stereocenters. The van der Waals surface area contributed by atoms with Crippen molar-refractivity contribution in [2.75, 3.05) is 13.2 Å². The van der Waals surface area contributed by atoms with Crippen molar-refractivity contribution in [3.8, 4) is 0 Å². The molecule has 0 bridgehead atoms. The molecule has 3 aromatic rings. The van der Waals surface area contributed by atoms with Crippen LogP contribution in [-0.2, 0) is 18.9 Å². The number of hydrogen-bond donors (Lipinski definition) is 1. The zero-order valence-corrected chi connectivity index (χ0v) is 14.0. The number of hydrogen-bond acceptors (Lipinski definition) is 5. The number of aromatic amines is 1. The van der Waals surface area contributed by atoms with E-state index in [4.69, 9.17) is 23.9 Å². The van der Waals surface area contributed by atoms with E-state index in [9.17, 15) is 0 Å². The van der Waals surface area contributed by atoms with Gasteiger partial charge in [-0.05, 0) is 32.9 Å². The number of imidazole rings is 1. The molecule has 1 N–H and O–H groups in total. The second-order valence-corrected chi connectivity index (χ2v) is 5.68.